The highest BCUT2D eigenvalue weighted by molar-refractivity contribution is 5.90. The number of rotatable bonds is 5. The summed E-state index contributed by atoms with van der Waals surface area (Å²) in [7, 11) is 0. The third-order valence-electron chi connectivity index (χ3n) is 4.83. The van der Waals surface area contributed by atoms with Crippen LogP contribution in [-0.2, 0) is 6.54 Å². The number of aryl methyl sites for hydroxylation is 1. The van der Waals surface area contributed by atoms with Gasteiger partial charge in [-0.15, -0.1) is 5.10 Å². The van der Waals surface area contributed by atoms with Crippen molar-refractivity contribution in [2.75, 3.05) is 6.54 Å². The molecule has 1 fully saturated rings. The van der Waals surface area contributed by atoms with Gasteiger partial charge in [-0.1, -0.05) is 36.8 Å². The molecule has 1 aliphatic carbocycles. The van der Waals surface area contributed by atoms with Crippen LogP contribution in [0.3, 0.4) is 0 Å². The SMILES string of the molecule is Cc1ccnc2nc(C(=O)N(Cc3ccccc3)CC3CCC3)nn12. The van der Waals surface area contributed by atoms with E-state index in [2.05, 4.69) is 15.1 Å². The number of hydrogen-bond acceptors (Lipinski definition) is 4. The van der Waals surface area contributed by atoms with E-state index in [1.165, 1.54) is 19.3 Å². The molecule has 0 unspecified atom stereocenters. The Hall–Kier alpha value is -2.76. The Balaban J connectivity index is 1.62. The molecule has 2 heterocycles. The van der Waals surface area contributed by atoms with Gasteiger partial charge >= 0.3 is 0 Å². The van der Waals surface area contributed by atoms with Crippen molar-refractivity contribution in [3.63, 3.8) is 0 Å². The number of benzene rings is 1. The predicted molar refractivity (Wildman–Crippen MR) is 94.0 cm³/mol. The zero-order valence-electron chi connectivity index (χ0n) is 14.3. The fraction of sp³-hybridized carbons (Fsp3) is 0.368. The van der Waals surface area contributed by atoms with Gasteiger partial charge in [0.2, 0.25) is 5.82 Å². The number of hydrogen-bond donors (Lipinski definition) is 0. The third kappa shape index (κ3) is 3.24. The van der Waals surface area contributed by atoms with Crippen molar-refractivity contribution < 1.29 is 4.79 Å². The Bertz CT molecular complexity index is 885. The smallest absolute Gasteiger partial charge is 0.293 e. The molecule has 1 aromatic carbocycles. The van der Waals surface area contributed by atoms with Crippen molar-refractivity contribution in [1.82, 2.24) is 24.5 Å². The van der Waals surface area contributed by atoms with Crippen molar-refractivity contribution in [2.24, 2.45) is 5.92 Å². The van der Waals surface area contributed by atoms with E-state index >= 15 is 0 Å². The van der Waals surface area contributed by atoms with E-state index in [4.69, 9.17) is 0 Å². The highest BCUT2D eigenvalue weighted by Gasteiger charge is 2.27. The fourth-order valence-electron chi connectivity index (χ4n) is 3.15. The van der Waals surface area contributed by atoms with Gasteiger partial charge in [0.05, 0.1) is 0 Å². The van der Waals surface area contributed by atoms with Crippen LogP contribution in [0.15, 0.2) is 42.6 Å². The average Bonchev–Trinajstić information content (AvgIpc) is 3.03. The Morgan fingerprint density at radius 1 is 1.24 bits per heavy atom. The quantitative estimate of drug-likeness (QED) is 0.719. The predicted octanol–water partition coefficient (Wildman–Crippen LogP) is 2.88. The van der Waals surface area contributed by atoms with Crippen molar-refractivity contribution in [1.29, 1.82) is 0 Å². The fourth-order valence-corrected chi connectivity index (χ4v) is 3.15. The van der Waals surface area contributed by atoms with Crippen LogP contribution in [0.4, 0.5) is 0 Å². The molecule has 3 aromatic rings. The zero-order valence-corrected chi connectivity index (χ0v) is 14.3. The van der Waals surface area contributed by atoms with Crippen LogP contribution in [0, 0.1) is 12.8 Å². The van der Waals surface area contributed by atoms with Gasteiger partial charge in [-0.05, 0) is 37.3 Å². The van der Waals surface area contributed by atoms with E-state index in [0.29, 0.717) is 18.2 Å². The summed E-state index contributed by atoms with van der Waals surface area (Å²) in [5.74, 6) is 1.15. The van der Waals surface area contributed by atoms with Crippen LogP contribution in [-0.4, -0.2) is 36.9 Å². The van der Waals surface area contributed by atoms with Gasteiger partial charge in [0.1, 0.15) is 0 Å². The molecule has 0 aliphatic heterocycles. The van der Waals surface area contributed by atoms with Crippen LogP contribution in [0.1, 0.15) is 41.1 Å². The summed E-state index contributed by atoms with van der Waals surface area (Å²) < 4.78 is 1.62. The Morgan fingerprint density at radius 2 is 2.04 bits per heavy atom. The normalized spacial score (nSPS) is 14.4. The van der Waals surface area contributed by atoms with E-state index in [1.807, 2.05) is 48.2 Å². The first-order valence-corrected chi connectivity index (χ1v) is 8.72. The molecular formula is C19H21N5O. The lowest BCUT2D eigenvalue weighted by Gasteiger charge is -2.32. The molecule has 25 heavy (non-hydrogen) atoms. The van der Waals surface area contributed by atoms with Gasteiger partial charge in [-0.2, -0.15) is 4.98 Å². The zero-order chi connectivity index (χ0) is 17.2. The Morgan fingerprint density at radius 3 is 2.72 bits per heavy atom. The first-order chi connectivity index (χ1) is 12.2. The molecule has 0 radical (unpaired) electrons. The summed E-state index contributed by atoms with van der Waals surface area (Å²) in [4.78, 5) is 23.5. The van der Waals surface area contributed by atoms with E-state index in [9.17, 15) is 4.79 Å². The number of carbonyl (C=O) groups is 1. The average molecular weight is 335 g/mol. The lowest BCUT2D eigenvalue weighted by Crippen LogP contribution is -2.37. The number of aromatic nitrogens is 4. The molecule has 1 aliphatic rings. The summed E-state index contributed by atoms with van der Waals surface area (Å²) >= 11 is 0. The van der Waals surface area contributed by atoms with Crippen LogP contribution in [0.5, 0.6) is 0 Å². The highest BCUT2D eigenvalue weighted by atomic mass is 16.2. The Kier molecular flexibility index (Phi) is 4.17. The third-order valence-corrected chi connectivity index (χ3v) is 4.83. The van der Waals surface area contributed by atoms with E-state index in [1.54, 1.807) is 10.7 Å². The minimum atomic E-state index is -0.124. The van der Waals surface area contributed by atoms with Crippen molar-refractivity contribution in [3.05, 3.63) is 59.7 Å². The molecular weight excluding hydrogens is 314 g/mol. The largest absolute Gasteiger partial charge is 0.331 e. The van der Waals surface area contributed by atoms with Gasteiger partial charge in [0.15, 0.2) is 0 Å². The molecule has 0 N–H and O–H groups in total. The minimum Gasteiger partial charge on any atom is -0.331 e. The Labute approximate surface area is 146 Å². The summed E-state index contributed by atoms with van der Waals surface area (Å²) in [6.45, 7) is 3.27. The standard InChI is InChI=1S/C19H21N5O/c1-14-10-11-20-19-21-17(22-24(14)19)18(25)23(13-16-8-5-9-16)12-15-6-3-2-4-7-15/h2-4,6-7,10-11,16H,5,8-9,12-13H2,1H3. The molecule has 4 rings (SSSR count). The van der Waals surface area contributed by atoms with E-state index < -0.39 is 0 Å². The molecule has 6 heteroatoms. The van der Waals surface area contributed by atoms with E-state index in [-0.39, 0.29) is 11.7 Å². The molecule has 1 amide bonds. The van der Waals surface area contributed by atoms with E-state index in [0.717, 1.165) is 17.8 Å². The van der Waals surface area contributed by atoms with Crippen LogP contribution >= 0.6 is 0 Å². The topological polar surface area (TPSA) is 63.4 Å². The van der Waals surface area contributed by atoms with Crippen molar-refractivity contribution in [3.8, 4) is 0 Å². The maximum absolute atomic E-state index is 13.1. The molecule has 0 bridgehead atoms. The first kappa shape index (κ1) is 15.7. The monoisotopic (exact) mass is 335 g/mol. The molecule has 2 aromatic heterocycles. The van der Waals surface area contributed by atoms with Gasteiger partial charge in [-0.3, -0.25) is 4.79 Å². The molecule has 128 valence electrons. The number of carbonyl (C=O) groups excluding carboxylic acids is 1. The summed E-state index contributed by atoms with van der Waals surface area (Å²) in [6.07, 6.45) is 5.33. The second-order valence-corrected chi connectivity index (χ2v) is 6.70. The van der Waals surface area contributed by atoms with Crippen LogP contribution in [0.2, 0.25) is 0 Å². The number of nitrogens with zero attached hydrogens (tertiary/aromatic N) is 5. The lowest BCUT2D eigenvalue weighted by molar-refractivity contribution is 0.0667. The molecule has 0 saturated heterocycles. The first-order valence-electron chi connectivity index (χ1n) is 8.72. The summed E-state index contributed by atoms with van der Waals surface area (Å²) in [5.41, 5.74) is 2.03. The second-order valence-electron chi connectivity index (χ2n) is 6.70. The second kappa shape index (κ2) is 6.63. The van der Waals surface area contributed by atoms with Gasteiger partial charge < -0.3 is 4.90 Å². The molecule has 1 saturated carbocycles. The van der Waals surface area contributed by atoms with Crippen LogP contribution < -0.4 is 0 Å². The minimum absolute atomic E-state index is 0.124. The van der Waals surface area contributed by atoms with Crippen LogP contribution in [0.25, 0.3) is 5.78 Å². The number of amides is 1. The van der Waals surface area contributed by atoms with Gasteiger partial charge in [0, 0.05) is 25.0 Å². The van der Waals surface area contributed by atoms with Gasteiger partial charge in [-0.25, -0.2) is 9.50 Å². The molecule has 0 atom stereocenters. The highest BCUT2D eigenvalue weighted by Crippen LogP contribution is 2.28. The maximum atomic E-state index is 13.1. The lowest BCUT2D eigenvalue weighted by atomic mass is 9.85. The van der Waals surface area contributed by atoms with Crippen molar-refractivity contribution in [2.45, 2.75) is 32.7 Å². The summed E-state index contributed by atoms with van der Waals surface area (Å²) in [5, 5.41) is 4.38. The number of fused-ring (bicyclic) bond motifs is 1. The molecule has 6 nitrogen and oxygen atoms in total. The molecule has 0 spiro atoms. The van der Waals surface area contributed by atoms with Gasteiger partial charge in [0.25, 0.3) is 11.7 Å². The summed E-state index contributed by atoms with van der Waals surface area (Å²) in [6, 6.07) is 11.9. The maximum Gasteiger partial charge on any atom is 0.293 e. The van der Waals surface area contributed by atoms with Crippen molar-refractivity contribution >= 4 is 11.7 Å².